The zero-order chi connectivity index (χ0) is 23.2. The Labute approximate surface area is 198 Å². The molecule has 0 aliphatic carbocycles. The average Bonchev–Trinajstić information content (AvgIpc) is 3.33. The maximum Gasteiger partial charge on any atom is 0.227 e. The van der Waals surface area contributed by atoms with Crippen LogP contribution >= 0.6 is 11.6 Å². The number of anilines is 2. The summed E-state index contributed by atoms with van der Waals surface area (Å²) in [5.41, 5.74) is 3.35. The largest absolute Gasteiger partial charge is 0.495 e. The highest BCUT2D eigenvalue weighted by Gasteiger charge is 2.16. The second-order valence-corrected chi connectivity index (χ2v) is 8.54. The number of hydrogen-bond donors (Lipinski definition) is 2. The third-order valence-corrected chi connectivity index (χ3v) is 6.34. The summed E-state index contributed by atoms with van der Waals surface area (Å²) in [6.45, 7) is 3.89. The molecule has 174 valence electrons. The van der Waals surface area contributed by atoms with Crippen molar-refractivity contribution in [2.75, 3.05) is 25.5 Å². The van der Waals surface area contributed by atoms with Crippen LogP contribution in [0.3, 0.4) is 0 Å². The van der Waals surface area contributed by atoms with E-state index in [0.717, 1.165) is 42.7 Å². The number of rotatable bonds is 9. The summed E-state index contributed by atoms with van der Waals surface area (Å²) in [5, 5.41) is 11.6. The minimum Gasteiger partial charge on any atom is -0.495 e. The minimum absolute atomic E-state index is 0.0634. The zero-order valence-corrected chi connectivity index (χ0v) is 19.7. The Kier molecular flexibility index (Phi) is 7.57. The third kappa shape index (κ3) is 5.69. The normalized spacial score (nSPS) is 14.3. The van der Waals surface area contributed by atoms with Crippen molar-refractivity contribution >= 4 is 29.0 Å². The van der Waals surface area contributed by atoms with Crippen molar-refractivity contribution in [1.29, 1.82) is 0 Å². The molecule has 0 spiro atoms. The number of methoxy groups -OCH3 is 1. The van der Waals surface area contributed by atoms with Gasteiger partial charge in [-0.3, -0.25) is 9.48 Å². The van der Waals surface area contributed by atoms with Crippen LogP contribution in [-0.4, -0.2) is 45.7 Å². The van der Waals surface area contributed by atoms with Gasteiger partial charge in [-0.05, 0) is 62.0 Å². The van der Waals surface area contributed by atoms with Crippen LogP contribution in [0.25, 0.3) is 0 Å². The number of aromatic nitrogens is 4. The summed E-state index contributed by atoms with van der Waals surface area (Å²) < 4.78 is 7.38. The van der Waals surface area contributed by atoms with Gasteiger partial charge in [0.2, 0.25) is 5.95 Å². The number of Topliss-reactive ketones (excluding diaryl/α,β-unsaturated/α-hetero) is 1. The molecule has 2 N–H and O–H groups in total. The lowest BCUT2D eigenvalue weighted by atomic mass is 10.0. The highest BCUT2D eigenvalue weighted by Crippen LogP contribution is 2.31. The van der Waals surface area contributed by atoms with Crippen molar-refractivity contribution in [3.05, 3.63) is 58.6 Å². The maximum atomic E-state index is 12.2. The molecular weight excluding hydrogens is 440 g/mol. The Morgan fingerprint density at radius 2 is 1.97 bits per heavy atom. The van der Waals surface area contributed by atoms with Crippen LogP contribution in [0.4, 0.5) is 11.6 Å². The molecule has 3 heterocycles. The molecule has 1 aliphatic rings. The first-order valence-corrected chi connectivity index (χ1v) is 11.7. The number of aryl methyl sites for hydroxylation is 2. The van der Waals surface area contributed by atoms with Crippen LogP contribution in [0.2, 0.25) is 5.02 Å². The number of nitrogens with one attached hydrogen (secondary N) is 2. The fraction of sp³-hybridized carbons (Fsp3) is 0.417. The van der Waals surface area contributed by atoms with E-state index in [1.807, 2.05) is 23.9 Å². The van der Waals surface area contributed by atoms with E-state index in [0.29, 0.717) is 47.6 Å². The number of piperidine rings is 1. The molecule has 1 aliphatic heterocycles. The van der Waals surface area contributed by atoms with Gasteiger partial charge in [0.1, 0.15) is 5.75 Å². The molecule has 0 saturated carbocycles. The molecule has 9 heteroatoms. The van der Waals surface area contributed by atoms with Gasteiger partial charge in [-0.25, -0.2) is 9.97 Å². The first-order valence-electron chi connectivity index (χ1n) is 11.3. The monoisotopic (exact) mass is 468 g/mol. The van der Waals surface area contributed by atoms with Gasteiger partial charge in [-0.2, -0.15) is 5.10 Å². The SMILES string of the molecule is CCC(=O)c1cc(CCc2cnc(Nc3cnn(C4CCNCC4)c3)nc2)c(Cl)c(OC)c1. The van der Waals surface area contributed by atoms with Crippen LogP contribution in [0.1, 0.15) is 53.7 Å². The number of hydrogen-bond acceptors (Lipinski definition) is 7. The van der Waals surface area contributed by atoms with E-state index in [1.54, 1.807) is 31.8 Å². The maximum absolute atomic E-state index is 12.2. The molecule has 2 aromatic heterocycles. The van der Waals surface area contributed by atoms with Gasteiger partial charge in [-0.15, -0.1) is 0 Å². The van der Waals surface area contributed by atoms with E-state index < -0.39 is 0 Å². The van der Waals surface area contributed by atoms with E-state index in [9.17, 15) is 4.79 Å². The molecule has 0 atom stereocenters. The molecule has 1 aromatic carbocycles. The highest BCUT2D eigenvalue weighted by molar-refractivity contribution is 6.33. The van der Waals surface area contributed by atoms with E-state index in [-0.39, 0.29) is 5.78 Å². The standard InChI is InChI=1S/C24H29ClN6O2/c1-3-21(32)18-10-17(23(25)22(11-18)33-2)5-4-16-12-27-24(28-13-16)30-19-14-29-31(15-19)20-6-8-26-9-7-20/h10-15,20,26H,3-9H2,1-2H3,(H,27,28,30). The second kappa shape index (κ2) is 10.8. The van der Waals surface area contributed by atoms with Crippen LogP contribution in [-0.2, 0) is 12.8 Å². The topological polar surface area (TPSA) is 94.0 Å². The predicted molar refractivity (Wildman–Crippen MR) is 129 cm³/mol. The highest BCUT2D eigenvalue weighted by atomic mass is 35.5. The summed E-state index contributed by atoms with van der Waals surface area (Å²) in [5.74, 6) is 1.11. The zero-order valence-electron chi connectivity index (χ0n) is 19.0. The summed E-state index contributed by atoms with van der Waals surface area (Å²) in [6, 6.07) is 3.99. The van der Waals surface area contributed by atoms with Crippen LogP contribution in [0.5, 0.6) is 5.75 Å². The Bertz CT molecular complexity index is 1090. The van der Waals surface area contributed by atoms with E-state index in [1.165, 1.54) is 0 Å². The number of nitrogens with zero attached hydrogens (tertiary/aromatic N) is 4. The van der Waals surface area contributed by atoms with Gasteiger partial charge in [0.25, 0.3) is 0 Å². The van der Waals surface area contributed by atoms with Crippen molar-refractivity contribution in [1.82, 2.24) is 25.1 Å². The van der Waals surface area contributed by atoms with Crippen LogP contribution in [0.15, 0.2) is 36.9 Å². The van der Waals surface area contributed by atoms with Crippen LogP contribution in [0, 0.1) is 0 Å². The summed E-state index contributed by atoms with van der Waals surface area (Å²) >= 11 is 6.48. The quantitative estimate of drug-likeness (QED) is 0.450. The van der Waals surface area contributed by atoms with E-state index >= 15 is 0 Å². The van der Waals surface area contributed by atoms with Gasteiger partial charge in [0, 0.05) is 30.6 Å². The lowest BCUT2D eigenvalue weighted by molar-refractivity contribution is 0.0987. The van der Waals surface area contributed by atoms with E-state index in [2.05, 4.69) is 25.7 Å². The molecular formula is C24H29ClN6O2. The number of ether oxygens (including phenoxy) is 1. The fourth-order valence-electron chi connectivity index (χ4n) is 3.98. The molecule has 0 radical (unpaired) electrons. The number of benzene rings is 1. The van der Waals surface area contributed by atoms with Gasteiger partial charge in [0.05, 0.1) is 30.1 Å². The summed E-state index contributed by atoms with van der Waals surface area (Å²) in [4.78, 5) is 21.0. The summed E-state index contributed by atoms with van der Waals surface area (Å²) in [6.07, 6.45) is 11.4. The third-order valence-electron chi connectivity index (χ3n) is 5.91. The Balaban J connectivity index is 1.38. The molecule has 0 unspecified atom stereocenters. The number of ketones is 1. The molecule has 33 heavy (non-hydrogen) atoms. The van der Waals surface area contributed by atoms with Gasteiger partial charge < -0.3 is 15.4 Å². The van der Waals surface area contributed by atoms with Crippen molar-refractivity contribution < 1.29 is 9.53 Å². The lowest BCUT2D eigenvalue weighted by Gasteiger charge is -2.22. The second-order valence-electron chi connectivity index (χ2n) is 8.16. The molecule has 1 saturated heterocycles. The smallest absolute Gasteiger partial charge is 0.227 e. The Morgan fingerprint density at radius 3 is 2.67 bits per heavy atom. The van der Waals surface area contributed by atoms with Gasteiger partial charge in [0.15, 0.2) is 5.78 Å². The Hall–Kier alpha value is -2.97. The summed E-state index contributed by atoms with van der Waals surface area (Å²) in [7, 11) is 1.56. The Morgan fingerprint density at radius 1 is 1.21 bits per heavy atom. The molecule has 1 fully saturated rings. The van der Waals surface area contributed by atoms with Crippen molar-refractivity contribution in [2.45, 2.75) is 45.1 Å². The van der Waals surface area contributed by atoms with Crippen molar-refractivity contribution in [3.63, 3.8) is 0 Å². The van der Waals surface area contributed by atoms with E-state index in [4.69, 9.17) is 16.3 Å². The first kappa shape index (κ1) is 23.2. The fourth-order valence-corrected chi connectivity index (χ4v) is 4.26. The molecule has 3 aromatic rings. The predicted octanol–water partition coefficient (Wildman–Crippen LogP) is 4.38. The molecule has 0 bridgehead atoms. The number of carbonyl (C=O) groups excluding carboxylic acids is 1. The average molecular weight is 469 g/mol. The molecule has 4 rings (SSSR count). The first-order chi connectivity index (χ1) is 16.1. The number of carbonyl (C=O) groups is 1. The van der Waals surface area contributed by atoms with Gasteiger partial charge in [-0.1, -0.05) is 18.5 Å². The molecule has 8 nitrogen and oxygen atoms in total. The lowest BCUT2D eigenvalue weighted by Crippen LogP contribution is -2.29. The van der Waals surface area contributed by atoms with Crippen molar-refractivity contribution in [2.24, 2.45) is 0 Å². The number of halogens is 1. The van der Waals surface area contributed by atoms with Crippen molar-refractivity contribution in [3.8, 4) is 5.75 Å². The molecule has 0 amide bonds. The van der Waals surface area contributed by atoms with Gasteiger partial charge >= 0.3 is 0 Å². The van der Waals surface area contributed by atoms with Crippen LogP contribution < -0.4 is 15.4 Å². The minimum atomic E-state index is 0.0634.